The second-order valence-electron chi connectivity index (χ2n) is 9.08. The number of benzene rings is 4. The molecular weight excluding hydrogens is 544 g/mol. The van der Waals surface area contributed by atoms with E-state index >= 15 is 0 Å². The molecule has 0 bridgehead atoms. The van der Waals surface area contributed by atoms with Gasteiger partial charge in [0.1, 0.15) is 0 Å². The molecule has 0 N–H and O–H groups in total. The Balaban J connectivity index is 2.10. The van der Waals surface area contributed by atoms with Crippen LogP contribution in [0.4, 0.5) is 0 Å². The van der Waals surface area contributed by atoms with E-state index in [1.807, 2.05) is 97.1 Å². The van der Waals surface area contributed by atoms with Gasteiger partial charge in [0.2, 0.25) is 0 Å². The number of hydrogen-bond donors (Lipinski definition) is 0. The highest BCUT2D eigenvalue weighted by molar-refractivity contribution is 9.10. The summed E-state index contributed by atoms with van der Waals surface area (Å²) >= 11 is 3.68. The van der Waals surface area contributed by atoms with Crippen molar-refractivity contribution in [1.82, 2.24) is 0 Å². The largest absolute Gasteiger partial charge is 0.275 e. The van der Waals surface area contributed by atoms with Gasteiger partial charge in [-0.1, -0.05) is 113 Å². The van der Waals surface area contributed by atoms with E-state index in [0.29, 0.717) is 5.56 Å². The van der Waals surface area contributed by atoms with Crippen molar-refractivity contribution >= 4 is 21.6 Å². The molecule has 4 aromatic carbocycles. The topological polar surface area (TPSA) is 83.7 Å². The minimum absolute atomic E-state index is 0.153. The average molecular weight is 570 g/mol. The lowest BCUT2D eigenvalue weighted by Gasteiger charge is -2.35. The third kappa shape index (κ3) is 5.89. The Morgan fingerprint density at radius 1 is 0.795 bits per heavy atom. The maximum Gasteiger partial charge on any atom is 0.156 e. The first-order valence-corrected chi connectivity index (χ1v) is 13.2. The summed E-state index contributed by atoms with van der Waals surface area (Å²) in [4.78, 5) is 5.38. The Morgan fingerprint density at radius 2 is 1.33 bits per heavy atom. The second kappa shape index (κ2) is 12.7. The zero-order valence-electron chi connectivity index (χ0n) is 21.2. The Hall–Kier alpha value is -4.76. The predicted molar refractivity (Wildman–Crippen MR) is 158 cm³/mol. The molecule has 0 amide bonds. The summed E-state index contributed by atoms with van der Waals surface area (Å²) in [5.41, 5.74) is 3.20. The van der Waals surface area contributed by atoms with E-state index in [0.717, 1.165) is 32.4 Å². The van der Waals surface area contributed by atoms with Crippen LogP contribution in [-0.4, -0.2) is 5.71 Å². The van der Waals surface area contributed by atoms with Gasteiger partial charge in [-0.05, 0) is 35.7 Å². The molecule has 0 radical (unpaired) electrons. The molecule has 0 heterocycles. The van der Waals surface area contributed by atoms with Gasteiger partial charge in [-0.3, -0.25) is 4.99 Å². The van der Waals surface area contributed by atoms with E-state index in [2.05, 4.69) is 40.7 Å². The summed E-state index contributed by atoms with van der Waals surface area (Å²) in [7, 11) is 0. The fourth-order valence-electron chi connectivity index (χ4n) is 4.79. The molecule has 4 aromatic rings. The molecule has 4 rings (SSSR count). The Kier molecular flexibility index (Phi) is 8.86. The van der Waals surface area contributed by atoms with Gasteiger partial charge >= 0.3 is 0 Å². The first kappa shape index (κ1) is 27.3. The Labute approximate surface area is 238 Å². The van der Waals surface area contributed by atoms with Crippen LogP contribution < -0.4 is 0 Å². The SMILES string of the molecule is C=CCC(C#N)(C#N)C(c1ccccc1Br)C(N=C(c1ccccc1)c1ccccc1)c1ccc(C#N)cc1. The number of hydrogen-bond acceptors (Lipinski definition) is 4. The number of halogens is 1. The highest BCUT2D eigenvalue weighted by Gasteiger charge is 2.46. The summed E-state index contributed by atoms with van der Waals surface area (Å²) in [5, 5.41) is 30.5. The summed E-state index contributed by atoms with van der Waals surface area (Å²) in [5.74, 6) is -0.670. The molecule has 188 valence electrons. The molecule has 2 unspecified atom stereocenters. The summed E-state index contributed by atoms with van der Waals surface area (Å²) in [6.07, 6.45) is 1.77. The molecule has 0 saturated carbocycles. The average Bonchev–Trinajstić information content (AvgIpc) is 3.00. The van der Waals surface area contributed by atoms with Crippen LogP contribution in [0.2, 0.25) is 0 Å². The minimum atomic E-state index is -1.47. The lowest BCUT2D eigenvalue weighted by atomic mass is 9.67. The van der Waals surface area contributed by atoms with E-state index in [9.17, 15) is 15.8 Å². The number of aliphatic imine (C=N–C) groups is 1. The van der Waals surface area contributed by atoms with Crippen LogP contribution in [-0.2, 0) is 0 Å². The van der Waals surface area contributed by atoms with Crippen LogP contribution in [0.1, 0.15) is 46.2 Å². The van der Waals surface area contributed by atoms with E-state index in [4.69, 9.17) is 4.99 Å². The zero-order chi connectivity index (χ0) is 27.7. The van der Waals surface area contributed by atoms with E-state index < -0.39 is 17.4 Å². The third-order valence-corrected chi connectivity index (χ3v) is 7.42. The van der Waals surface area contributed by atoms with Crippen LogP contribution in [0, 0.1) is 39.4 Å². The molecule has 2 atom stereocenters. The van der Waals surface area contributed by atoms with Crippen molar-refractivity contribution in [3.63, 3.8) is 0 Å². The maximum atomic E-state index is 10.5. The molecule has 0 aliphatic rings. The fraction of sp³-hybridized carbons (Fsp3) is 0.118. The quantitative estimate of drug-likeness (QED) is 0.150. The smallest absolute Gasteiger partial charge is 0.156 e. The van der Waals surface area contributed by atoms with Gasteiger partial charge in [0.15, 0.2) is 5.41 Å². The van der Waals surface area contributed by atoms with Crippen molar-refractivity contribution in [2.24, 2.45) is 10.4 Å². The van der Waals surface area contributed by atoms with E-state index in [1.54, 1.807) is 18.2 Å². The number of allylic oxidation sites excluding steroid dienone is 1. The van der Waals surface area contributed by atoms with Crippen molar-refractivity contribution in [2.45, 2.75) is 18.4 Å². The number of nitriles is 3. The lowest BCUT2D eigenvalue weighted by Crippen LogP contribution is -2.31. The van der Waals surface area contributed by atoms with Crippen LogP contribution in [0.5, 0.6) is 0 Å². The van der Waals surface area contributed by atoms with Crippen molar-refractivity contribution in [3.05, 3.63) is 154 Å². The normalized spacial score (nSPS) is 12.2. The third-order valence-electron chi connectivity index (χ3n) is 6.70. The van der Waals surface area contributed by atoms with Crippen molar-refractivity contribution in [2.75, 3.05) is 0 Å². The van der Waals surface area contributed by atoms with Crippen molar-refractivity contribution < 1.29 is 0 Å². The van der Waals surface area contributed by atoms with Crippen LogP contribution in [0.3, 0.4) is 0 Å². The van der Waals surface area contributed by atoms with Gasteiger partial charge in [-0.2, -0.15) is 15.8 Å². The Bertz CT molecular complexity index is 1530. The highest BCUT2D eigenvalue weighted by Crippen LogP contribution is 2.50. The fourth-order valence-corrected chi connectivity index (χ4v) is 5.32. The molecular formula is C34H25BrN4. The molecule has 0 aliphatic carbocycles. The first-order chi connectivity index (χ1) is 19.1. The molecule has 0 saturated heterocycles. The zero-order valence-corrected chi connectivity index (χ0v) is 22.8. The second-order valence-corrected chi connectivity index (χ2v) is 9.93. The molecule has 0 fully saturated rings. The van der Waals surface area contributed by atoms with Gasteiger partial charge in [0.25, 0.3) is 0 Å². The van der Waals surface area contributed by atoms with Crippen molar-refractivity contribution in [3.8, 4) is 18.2 Å². The van der Waals surface area contributed by atoms with E-state index in [-0.39, 0.29) is 6.42 Å². The highest BCUT2D eigenvalue weighted by atomic mass is 79.9. The summed E-state index contributed by atoms with van der Waals surface area (Å²) < 4.78 is 0.781. The molecule has 4 nitrogen and oxygen atoms in total. The van der Waals surface area contributed by atoms with Crippen molar-refractivity contribution in [1.29, 1.82) is 15.8 Å². The minimum Gasteiger partial charge on any atom is -0.275 e. The molecule has 39 heavy (non-hydrogen) atoms. The summed E-state index contributed by atoms with van der Waals surface area (Å²) in [6, 6.07) is 40.8. The standard InChI is InChI=1S/C34H25BrN4/c1-2-21-34(23-37,24-38)31(29-15-9-10-16-30(29)35)33(28-19-17-25(22-36)18-20-28)39-32(26-11-5-3-6-12-26)27-13-7-4-8-14-27/h2-20,31,33H,1,21H2. The van der Waals surface area contributed by atoms with Crippen LogP contribution in [0.25, 0.3) is 0 Å². The maximum absolute atomic E-state index is 10.5. The molecule has 0 aromatic heterocycles. The van der Waals surface area contributed by atoms with Gasteiger partial charge in [0.05, 0.1) is 35.5 Å². The lowest BCUT2D eigenvalue weighted by molar-refractivity contribution is 0.360. The number of nitrogens with zero attached hydrogens (tertiary/aromatic N) is 4. The van der Waals surface area contributed by atoms with Gasteiger partial charge in [-0.15, -0.1) is 6.58 Å². The first-order valence-electron chi connectivity index (χ1n) is 12.4. The molecule has 0 spiro atoms. The number of rotatable bonds is 9. The molecule has 5 heteroatoms. The monoisotopic (exact) mass is 568 g/mol. The molecule has 0 aliphatic heterocycles. The predicted octanol–water partition coefficient (Wildman–Crippen LogP) is 8.29. The Morgan fingerprint density at radius 3 is 1.82 bits per heavy atom. The summed E-state index contributed by atoms with van der Waals surface area (Å²) in [6.45, 7) is 3.86. The van der Waals surface area contributed by atoms with Gasteiger partial charge < -0.3 is 0 Å². The van der Waals surface area contributed by atoms with E-state index in [1.165, 1.54) is 0 Å². The van der Waals surface area contributed by atoms with Crippen LogP contribution in [0.15, 0.2) is 131 Å². The van der Waals surface area contributed by atoms with Gasteiger partial charge in [0, 0.05) is 21.5 Å². The van der Waals surface area contributed by atoms with Gasteiger partial charge in [-0.25, -0.2) is 0 Å². The van der Waals surface area contributed by atoms with Crippen LogP contribution >= 0.6 is 15.9 Å².